The largest absolute Gasteiger partial charge is 0.358 e. The topological polar surface area (TPSA) is 32.8 Å². The number of quaternary nitrogens is 1. The summed E-state index contributed by atoms with van der Waals surface area (Å²) in [7, 11) is 10.7. The van der Waals surface area contributed by atoms with E-state index >= 15 is 0 Å². The van der Waals surface area contributed by atoms with Crippen LogP contribution in [0.5, 0.6) is 0 Å². The third kappa shape index (κ3) is 9.23. The maximum Gasteiger partial charge on any atom is 0.189 e. The molecule has 118 valence electrons. The van der Waals surface area contributed by atoms with Crippen molar-refractivity contribution in [1.29, 1.82) is 0 Å². The summed E-state index contributed by atoms with van der Waals surface area (Å²) in [4.78, 5) is 13.8. The molecule has 1 rings (SSSR count). The van der Waals surface area contributed by atoms with E-state index in [0.29, 0.717) is 23.1 Å². The van der Waals surface area contributed by atoms with E-state index in [1.807, 2.05) is 25.9 Å². The minimum absolute atomic E-state index is 0.303. The molecule has 1 aliphatic heterocycles. The van der Waals surface area contributed by atoms with Gasteiger partial charge in [0.05, 0.1) is 33.8 Å². The summed E-state index contributed by atoms with van der Waals surface area (Å²) in [5.41, 5.74) is 0.334. The molecule has 0 saturated carbocycles. The fraction of sp³-hybridized carbons (Fsp3) is 0.929. The van der Waals surface area contributed by atoms with Gasteiger partial charge in [-0.3, -0.25) is 4.79 Å². The Balaban J connectivity index is 1.98. The average molecular weight is 322 g/mol. The minimum Gasteiger partial charge on any atom is -0.358 e. The molecule has 0 amide bonds. The van der Waals surface area contributed by atoms with Crippen molar-refractivity contribution in [1.82, 2.24) is 4.90 Å². The highest BCUT2D eigenvalue weighted by Crippen LogP contribution is 2.36. The molecule has 1 saturated heterocycles. The normalized spacial score (nSPS) is 22.3. The highest BCUT2D eigenvalue weighted by Gasteiger charge is 2.39. The SMILES string of the molecule is CN(C)CCSC(=O)CCC1OC1SCC[N+](C)(C)C. The quantitative estimate of drug-likeness (QED) is 0.452. The summed E-state index contributed by atoms with van der Waals surface area (Å²) in [6.07, 6.45) is 1.84. The first-order chi connectivity index (χ1) is 9.28. The predicted octanol–water partition coefficient (Wildman–Crippen LogP) is 1.75. The maximum absolute atomic E-state index is 11.7. The van der Waals surface area contributed by atoms with Crippen molar-refractivity contribution >= 4 is 28.6 Å². The van der Waals surface area contributed by atoms with Gasteiger partial charge in [0.1, 0.15) is 5.44 Å². The van der Waals surface area contributed by atoms with Gasteiger partial charge in [0, 0.05) is 24.5 Å². The van der Waals surface area contributed by atoms with Crippen LogP contribution in [0.2, 0.25) is 0 Å². The van der Waals surface area contributed by atoms with E-state index in [2.05, 4.69) is 26.0 Å². The molecule has 0 aromatic carbocycles. The molecule has 4 nitrogen and oxygen atoms in total. The zero-order chi connectivity index (χ0) is 15.2. The number of hydrogen-bond acceptors (Lipinski definition) is 5. The Morgan fingerprint density at radius 1 is 1.25 bits per heavy atom. The van der Waals surface area contributed by atoms with Crippen LogP contribution in [-0.4, -0.2) is 85.9 Å². The van der Waals surface area contributed by atoms with E-state index in [-0.39, 0.29) is 0 Å². The van der Waals surface area contributed by atoms with Gasteiger partial charge in [-0.1, -0.05) is 11.8 Å². The fourth-order valence-electron chi connectivity index (χ4n) is 1.59. The molecule has 0 N–H and O–H groups in total. The second-order valence-corrected chi connectivity index (χ2v) is 8.85. The molecule has 0 spiro atoms. The summed E-state index contributed by atoms with van der Waals surface area (Å²) in [5, 5.41) is 0.303. The molecule has 2 atom stereocenters. The van der Waals surface area contributed by atoms with Gasteiger partial charge >= 0.3 is 0 Å². The smallest absolute Gasteiger partial charge is 0.189 e. The number of carbonyl (C=O) groups is 1. The van der Waals surface area contributed by atoms with Crippen LogP contribution in [0.15, 0.2) is 0 Å². The van der Waals surface area contributed by atoms with Gasteiger partial charge in [0.15, 0.2) is 5.12 Å². The number of carbonyl (C=O) groups excluding carboxylic acids is 1. The third-order valence-corrected chi connectivity index (χ3v) is 5.09. The Labute approximate surface area is 132 Å². The van der Waals surface area contributed by atoms with Crippen molar-refractivity contribution in [2.75, 3.05) is 59.8 Å². The number of epoxide rings is 1. The fourth-order valence-corrected chi connectivity index (χ4v) is 4.00. The maximum atomic E-state index is 11.7. The predicted molar refractivity (Wildman–Crippen MR) is 89.3 cm³/mol. The highest BCUT2D eigenvalue weighted by molar-refractivity contribution is 8.13. The van der Waals surface area contributed by atoms with E-state index in [9.17, 15) is 4.79 Å². The van der Waals surface area contributed by atoms with Crippen LogP contribution in [0.3, 0.4) is 0 Å². The van der Waals surface area contributed by atoms with Crippen molar-refractivity contribution in [3.63, 3.8) is 0 Å². The second-order valence-electron chi connectivity index (χ2n) is 6.49. The molecule has 1 heterocycles. The zero-order valence-corrected chi connectivity index (χ0v) is 15.1. The van der Waals surface area contributed by atoms with E-state index in [1.54, 1.807) is 0 Å². The Bertz CT molecular complexity index is 306. The number of ether oxygens (including phenoxy) is 1. The van der Waals surface area contributed by atoms with Crippen molar-refractivity contribution in [2.24, 2.45) is 0 Å². The van der Waals surface area contributed by atoms with Gasteiger partial charge in [0.25, 0.3) is 0 Å². The van der Waals surface area contributed by atoms with E-state index in [0.717, 1.165) is 35.5 Å². The zero-order valence-electron chi connectivity index (χ0n) is 13.4. The van der Waals surface area contributed by atoms with Gasteiger partial charge in [0.2, 0.25) is 0 Å². The highest BCUT2D eigenvalue weighted by atomic mass is 32.2. The Kier molecular flexibility index (Phi) is 7.90. The lowest BCUT2D eigenvalue weighted by Crippen LogP contribution is -2.36. The Morgan fingerprint density at radius 3 is 2.55 bits per heavy atom. The van der Waals surface area contributed by atoms with Crippen molar-refractivity contribution in [3.8, 4) is 0 Å². The molecule has 0 aromatic rings. The second kappa shape index (κ2) is 8.63. The van der Waals surface area contributed by atoms with Crippen LogP contribution in [-0.2, 0) is 9.53 Å². The molecular weight excluding hydrogens is 292 g/mol. The minimum atomic E-state index is 0.303. The van der Waals surface area contributed by atoms with Crippen LogP contribution in [0.4, 0.5) is 0 Å². The lowest BCUT2D eigenvalue weighted by atomic mass is 10.3. The molecule has 6 heteroatoms. The Hall–Kier alpha value is 0.250. The third-order valence-electron chi connectivity index (χ3n) is 3.01. The molecular formula is C14H29N2O2S2+. The summed E-state index contributed by atoms with van der Waals surface area (Å²) in [5.74, 6) is 2.01. The number of rotatable bonds is 10. The number of thioether (sulfide) groups is 2. The summed E-state index contributed by atoms with van der Waals surface area (Å²) in [6.45, 7) is 2.11. The van der Waals surface area contributed by atoms with Crippen molar-refractivity contribution in [3.05, 3.63) is 0 Å². The Morgan fingerprint density at radius 2 is 1.95 bits per heavy atom. The molecule has 20 heavy (non-hydrogen) atoms. The van der Waals surface area contributed by atoms with Gasteiger partial charge < -0.3 is 14.1 Å². The first-order valence-electron chi connectivity index (χ1n) is 7.16. The van der Waals surface area contributed by atoms with Gasteiger partial charge in [-0.25, -0.2) is 0 Å². The van der Waals surface area contributed by atoms with Gasteiger partial charge in [-0.05, 0) is 20.5 Å². The number of nitrogens with zero attached hydrogens (tertiary/aromatic N) is 2. The summed E-state index contributed by atoms with van der Waals surface area (Å²) >= 11 is 3.34. The van der Waals surface area contributed by atoms with Crippen LogP contribution in [0.1, 0.15) is 12.8 Å². The molecule has 0 bridgehead atoms. The standard InChI is InChI=1S/C14H29N2O2S2/c1-15(2)8-10-19-13(17)7-6-12-14(18-12)20-11-9-16(3,4)5/h12,14H,6-11H2,1-5H3/q+1. The molecule has 0 radical (unpaired) electrons. The molecule has 0 aliphatic carbocycles. The summed E-state index contributed by atoms with van der Waals surface area (Å²) < 4.78 is 6.60. The van der Waals surface area contributed by atoms with Crippen molar-refractivity contribution < 1.29 is 14.0 Å². The number of hydrogen-bond donors (Lipinski definition) is 0. The van der Waals surface area contributed by atoms with Crippen LogP contribution >= 0.6 is 23.5 Å². The summed E-state index contributed by atoms with van der Waals surface area (Å²) in [6, 6.07) is 0. The first-order valence-corrected chi connectivity index (χ1v) is 9.19. The lowest BCUT2D eigenvalue weighted by Gasteiger charge is -2.23. The van der Waals surface area contributed by atoms with Gasteiger partial charge in [-0.15, -0.1) is 11.8 Å². The van der Waals surface area contributed by atoms with E-state index < -0.39 is 0 Å². The van der Waals surface area contributed by atoms with E-state index in [4.69, 9.17) is 4.74 Å². The molecule has 0 aromatic heterocycles. The van der Waals surface area contributed by atoms with Gasteiger partial charge in [-0.2, -0.15) is 0 Å². The van der Waals surface area contributed by atoms with Crippen LogP contribution in [0.25, 0.3) is 0 Å². The first kappa shape index (κ1) is 18.3. The molecule has 1 fully saturated rings. The molecule has 2 unspecified atom stereocenters. The monoisotopic (exact) mass is 321 g/mol. The van der Waals surface area contributed by atoms with E-state index in [1.165, 1.54) is 11.8 Å². The average Bonchev–Trinajstić information content (AvgIpc) is 3.03. The van der Waals surface area contributed by atoms with Crippen LogP contribution < -0.4 is 0 Å². The molecule has 1 aliphatic rings. The lowest BCUT2D eigenvalue weighted by molar-refractivity contribution is -0.867. The van der Waals surface area contributed by atoms with Crippen molar-refractivity contribution in [2.45, 2.75) is 24.4 Å². The van der Waals surface area contributed by atoms with Crippen LogP contribution in [0, 0.1) is 0 Å².